The average molecular weight is 501 g/mol. The molecule has 0 heterocycles. The number of phenolic OH excluding ortho intramolecular Hbond substituents is 1. The van der Waals surface area contributed by atoms with Gasteiger partial charge in [0.05, 0.1) is 0 Å². The summed E-state index contributed by atoms with van der Waals surface area (Å²) in [7, 11) is 0. The smallest absolute Gasteiger partial charge is 0.408 e. The van der Waals surface area contributed by atoms with Gasteiger partial charge >= 0.3 is 6.09 Å². The molecule has 0 saturated heterocycles. The highest BCUT2D eigenvalue weighted by Crippen LogP contribution is 2.26. The van der Waals surface area contributed by atoms with Crippen molar-refractivity contribution in [3.63, 3.8) is 0 Å². The van der Waals surface area contributed by atoms with Crippen molar-refractivity contribution in [3.8, 4) is 18.2 Å². The number of ether oxygens (including phenoxy) is 1. The van der Waals surface area contributed by atoms with Crippen LogP contribution in [0.1, 0.15) is 77.3 Å². The molecule has 1 fully saturated rings. The molecule has 36 heavy (non-hydrogen) atoms. The van der Waals surface area contributed by atoms with E-state index in [1.54, 1.807) is 20.8 Å². The number of aromatic hydroxyl groups is 1. The molecule has 10 nitrogen and oxygen atoms in total. The molecule has 5 N–H and O–H groups in total. The van der Waals surface area contributed by atoms with Crippen LogP contribution in [0.3, 0.4) is 0 Å². The van der Waals surface area contributed by atoms with Gasteiger partial charge in [0.15, 0.2) is 0 Å². The number of primary amides is 1. The molecule has 0 spiro atoms. The van der Waals surface area contributed by atoms with E-state index in [-0.39, 0.29) is 24.6 Å². The number of hydrogen-bond donors (Lipinski definition) is 4. The molecular weight excluding hydrogens is 464 g/mol. The fraction of sp³-hybridized carbons (Fsp3) is 0.538. The number of nitrogens with two attached hydrogens (primary N) is 1. The summed E-state index contributed by atoms with van der Waals surface area (Å²) in [5.74, 6) is -1.95. The zero-order valence-electron chi connectivity index (χ0n) is 21.1. The van der Waals surface area contributed by atoms with Crippen molar-refractivity contribution in [2.45, 2.75) is 89.4 Å². The Labute approximate surface area is 211 Å². The van der Waals surface area contributed by atoms with E-state index < -0.39 is 41.5 Å². The third-order valence-electron chi connectivity index (χ3n) is 5.71. The molecule has 2 rings (SSSR count). The molecule has 1 aromatic rings. The number of nitrogens with one attached hydrogen (secondary N) is 2. The molecule has 196 valence electrons. The molecule has 2 atom stereocenters. The normalized spacial score (nSPS) is 15.6. The molecule has 2 unspecified atom stereocenters. The van der Waals surface area contributed by atoms with Crippen LogP contribution >= 0.6 is 0 Å². The van der Waals surface area contributed by atoms with Crippen LogP contribution in [0.5, 0.6) is 5.75 Å². The van der Waals surface area contributed by atoms with Crippen molar-refractivity contribution in [2.75, 3.05) is 0 Å². The summed E-state index contributed by atoms with van der Waals surface area (Å²) < 4.78 is 5.25. The third-order valence-corrected chi connectivity index (χ3v) is 5.71. The van der Waals surface area contributed by atoms with Crippen LogP contribution in [0.2, 0.25) is 0 Å². The fourth-order valence-corrected chi connectivity index (χ4v) is 4.03. The number of hydrogen-bond acceptors (Lipinski definition) is 6. The van der Waals surface area contributed by atoms with Crippen molar-refractivity contribution in [1.29, 1.82) is 0 Å². The summed E-state index contributed by atoms with van der Waals surface area (Å²) >= 11 is 0. The highest BCUT2D eigenvalue weighted by Gasteiger charge is 2.36. The molecule has 10 heteroatoms. The number of alkyl carbamates (subject to hydrolysis) is 1. The number of nitrogens with zero attached hydrogens (tertiary/aromatic N) is 1. The SMILES string of the molecule is C#CN(C(=O)C(CCC(N)=O)NC(=O)OC(C)(C)C)C(C(=O)NC1CCCCC1)c1ccc(O)cc1. The van der Waals surface area contributed by atoms with Gasteiger partial charge in [0.25, 0.3) is 5.91 Å². The molecule has 1 aromatic carbocycles. The van der Waals surface area contributed by atoms with E-state index in [9.17, 15) is 24.3 Å². The van der Waals surface area contributed by atoms with Crippen LogP contribution in [-0.4, -0.2) is 51.5 Å². The second kappa shape index (κ2) is 12.8. The molecule has 4 amide bonds. The van der Waals surface area contributed by atoms with E-state index in [1.165, 1.54) is 24.3 Å². The van der Waals surface area contributed by atoms with Crippen molar-refractivity contribution < 1.29 is 29.0 Å². The van der Waals surface area contributed by atoms with Crippen LogP contribution in [0, 0.1) is 12.5 Å². The average Bonchev–Trinajstić information content (AvgIpc) is 2.79. The molecule has 0 aromatic heterocycles. The highest BCUT2D eigenvalue weighted by molar-refractivity contribution is 5.93. The first-order valence-electron chi connectivity index (χ1n) is 12.1. The Hall–Kier alpha value is -3.74. The molecule has 0 radical (unpaired) electrons. The van der Waals surface area contributed by atoms with Gasteiger partial charge in [-0.05, 0) is 57.7 Å². The van der Waals surface area contributed by atoms with Crippen molar-refractivity contribution >= 4 is 23.8 Å². The molecule has 1 saturated carbocycles. The minimum absolute atomic E-state index is 0.0188. The van der Waals surface area contributed by atoms with Crippen molar-refractivity contribution in [1.82, 2.24) is 15.5 Å². The number of amides is 4. The first kappa shape index (κ1) is 28.5. The van der Waals surface area contributed by atoms with Gasteiger partial charge < -0.3 is 26.2 Å². The van der Waals surface area contributed by atoms with Gasteiger partial charge in [-0.2, -0.15) is 0 Å². The van der Waals surface area contributed by atoms with Crippen LogP contribution in [0.25, 0.3) is 0 Å². The van der Waals surface area contributed by atoms with Gasteiger partial charge in [-0.3, -0.25) is 19.3 Å². The number of carbonyl (C=O) groups excluding carboxylic acids is 4. The maximum Gasteiger partial charge on any atom is 0.408 e. The van der Waals surface area contributed by atoms with E-state index in [0.29, 0.717) is 5.56 Å². The quantitative estimate of drug-likeness (QED) is 0.302. The fourth-order valence-electron chi connectivity index (χ4n) is 4.03. The molecular formula is C26H36N4O6. The Kier molecular flexibility index (Phi) is 10.1. The predicted molar refractivity (Wildman–Crippen MR) is 133 cm³/mol. The van der Waals surface area contributed by atoms with E-state index in [0.717, 1.165) is 37.0 Å². The van der Waals surface area contributed by atoms with Gasteiger partial charge in [0.1, 0.15) is 23.4 Å². The number of carbonyl (C=O) groups is 4. The van der Waals surface area contributed by atoms with E-state index in [4.69, 9.17) is 16.9 Å². The van der Waals surface area contributed by atoms with Crippen molar-refractivity contribution in [3.05, 3.63) is 29.8 Å². The maximum atomic E-state index is 13.6. The standard InChI is InChI=1S/C26H36N4O6/c1-5-30(24(34)20(15-16-21(27)32)29-25(35)36-26(2,3)4)22(17-11-13-19(31)14-12-17)23(33)28-18-9-7-6-8-10-18/h1,11-14,18,20,22,31H,6-10,15-16H2,2-4H3,(H2,27,32)(H,28,33)(H,29,35). The number of phenols is 1. The summed E-state index contributed by atoms with van der Waals surface area (Å²) in [6.45, 7) is 4.99. The number of benzene rings is 1. The lowest BCUT2D eigenvalue weighted by atomic mass is 9.94. The second-order valence-corrected chi connectivity index (χ2v) is 9.88. The Bertz CT molecular complexity index is 974. The first-order valence-corrected chi connectivity index (χ1v) is 12.1. The van der Waals surface area contributed by atoms with Gasteiger partial charge in [-0.15, -0.1) is 0 Å². The van der Waals surface area contributed by atoms with Crippen LogP contribution in [0.15, 0.2) is 24.3 Å². The molecule has 1 aliphatic rings. The largest absolute Gasteiger partial charge is 0.508 e. The minimum Gasteiger partial charge on any atom is -0.508 e. The van der Waals surface area contributed by atoms with Crippen molar-refractivity contribution in [2.24, 2.45) is 5.73 Å². The predicted octanol–water partition coefficient (Wildman–Crippen LogP) is 2.46. The minimum atomic E-state index is -1.27. The third kappa shape index (κ3) is 8.80. The van der Waals surface area contributed by atoms with Crippen LogP contribution in [-0.2, 0) is 19.1 Å². The van der Waals surface area contributed by atoms with Crippen LogP contribution in [0.4, 0.5) is 4.79 Å². The summed E-state index contributed by atoms with van der Waals surface area (Å²) in [5.41, 5.74) is 4.81. The highest BCUT2D eigenvalue weighted by atomic mass is 16.6. The van der Waals surface area contributed by atoms with E-state index >= 15 is 0 Å². The van der Waals surface area contributed by atoms with Gasteiger partial charge in [-0.1, -0.05) is 37.8 Å². The van der Waals surface area contributed by atoms with Gasteiger partial charge in [0.2, 0.25) is 11.8 Å². The lowest BCUT2D eigenvalue weighted by Crippen LogP contribution is -2.52. The zero-order valence-corrected chi connectivity index (χ0v) is 21.1. The number of terminal acetylenes is 1. The molecule has 0 bridgehead atoms. The monoisotopic (exact) mass is 500 g/mol. The lowest BCUT2D eigenvalue weighted by molar-refractivity contribution is -0.139. The van der Waals surface area contributed by atoms with E-state index in [2.05, 4.69) is 16.7 Å². The Balaban J connectivity index is 2.37. The lowest BCUT2D eigenvalue weighted by Gasteiger charge is -2.32. The van der Waals surface area contributed by atoms with Gasteiger partial charge in [0, 0.05) is 18.5 Å². The Morgan fingerprint density at radius 2 is 1.78 bits per heavy atom. The van der Waals surface area contributed by atoms with E-state index in [1.807, 2.05) is 0 Å². The summed E-state index contributed by atoms with van der Waals surface area (Å²) in [4.78, 5) is 51.8. The van der Waals surface area contributed by atoms with Crippen LogP contribution < -0.4 is 16.4 Å². The molecule has 0 aliphatic heterocycles. The summed E-state index contributed by atoms with van der Waals surface area (Å²) in [5, 5.41) is 15.2. The summed E-state index contributed by atoms with van der Waals surface area (Å²) in [6, 6.07) is 5.49. The summed E-state index contributed by atoms with van der Waals surface area (Å²) in [6.07, 6.45) is 9.21. The Morgan fingerprint density at radius 3 is 2.31 bits per heavy atom. The zero-order chi connectivity index (χ0) is 26.9. The number of rotatable bonds is 9. The molecule has 1 aliphatic carbocycles. The topological polar surface area (TPSA) is 151 Å². The second-order valence-electron chi connectivity index (χ2n) is 9.88. The first-order chi connectivity index (χ1) is 16.9. The van der Waals surface area contributed by atoms with Gasteiger partial charge in [-0.25, -0.2) is 4.79 Å². The maximum absolute atomic E-state index is 13.6. The Morgan fingerprint density at radius 1 is 1.17 bits per heavy atom.